The van der Waals surface area contributed by atoms with E-state index in [2.05, 4.69) is 42.5 Å². The van der Waals surface area contributed by atoms with Crippen LogP contribution in [-0.4, -0.2) is 12.6 Å². The van der Waals surface area contributed by atoms with E-state index in [-0.39, 0.29) is 6.10 Å². The Balaban J connectivity index is 1.81. The van der Waals surface area contributed by atoms with E-state index < -0.39 is 0 Å². The Hall–Kier alpha value is -1.80. The van der Waals surface area contributed by atoms with Gasteiger partial charge in [-0.25, -0.2) is 0 Å². The molecule has 2 N–H and O–H groups in total. The van der Waals surface area contributed by atoms with Gasteiger partial charge in [-0.05, 0) is 30.0 Å². The number of para-hydroxylation sites is 1. The Kier molecular flexibility index (Phi) is 3.51. The molecule has 0 saturated carbocycles. The minimum atomic E-state index is 0.120. The van der Waals surface area contributed by atoms with Crippen LogP contribution in [0, 0.1) is 5.92 Å². The first-order chi connectivity index (χ1) is 9.36. The van der Waals surface area contributed by atoms with Crippen LogP contribution in [0.1, 0.15) is 11.1 Å². The van der Waals surface area contributed by atoms with E-state index in [4.69, 9.17) is 10.5 Å². The molecule has 0 radical (unpaired) electrons. The van der Waals surface area contributed by atoms with E-state index in [0.29, 0.717) is 12.5 Å². The van der Waals surface area contributed by atoms with Crippen molar-refractivity contribution in [2.24, 2.45) is 11.7 Å². The summed E-state index contributed by atoms with van der Waals surface area (Å²) >= 11 is 0. The quantitative estimate of drug-likeness (QED) is 0.913. The van der Waals surface area contributed by atoms with E-state index in [1.54, 1.807) is 0 Å². The number of rotatable bonds is 3. The third-order valence-corrected chi connectivity index (χ3v) is 3.83. The van der Waals surface area contributed by atoms with Gasteiger partial charge in [0.25, 0.3) is 0 Å². The largest absolute Gasteiger partial charge is 0.489 e. The Labute approximate surface area is 114 Å². The lowest BCUT2D eigenvalue weighted by Gasteiger charge is -2.33. The Morgan fingerprint density at radius 1 is 1.00 bits per heavy atom. The summed E-state index contributed by atoms with van der Waals surface area (Å²) in [5.41, 5.74) is 8.53. The lowest BCUT2D eigenvalue weighted by Crippen LogP contribution is -2.39. The highest BCUT2D eigenvalue weighted by Crippen LogP contribution is 2.32. The summed E-state index contributed by atoms with van der Waals surface area (Å²) in [4.78, 5) is 0. The van der Waals surface area contributed by atoms with Crippen LogP contribution in [-0.2, 0) is 12.8 Å². The lowest BCUT2D eigenvalue weighted by molar-refractivity contribution is 0.119. The standard InChI is InChI=1S/C17H19NO/c18-12-17-15(10-13-6-2-1-3-7-13)11-14-8-4-5-9-16(14)19-17/h1-9,15,17H,10-12,18H2/t15?,17-/m1/s1. The molecule has 1 aliphatic heterocycles. The maximum Gasteiger partial charge on any atom is 0.123 e. The van der Waals surface area contributed by atoms with Gasteiger partial charge in [0.15, 0.2) is 0 Å². The summed E-state index contributed by atoms with van der Waals surface area (Å²) in [6.07, 6.45) is 2.19. The summed E-state index contributed by atoms with van der Waals surface area (Å²) in [6.45, 7) is 0.575. The highest BCUT2D eigenvalue weighted by molar-refractivity contribution is 5.36. The number of nitrogens with two attached hydrogens (primary N) is 1. The molecule has 1 aliphatic rings. The maximum atomic E-state index is 6.04. The topological polar surface area (TPSA) is 35.2 Å². The fourth-order valence-electron chi connectivity index (χ4n) is 2.82. The van der Waals surface area contributed by atoms with Gasteiger partial charge >= 0.3 is 0 Å². The van der Waals surface area contributed by atoms with Crippen molar-refractivity contribution in [3.8, 4) is 5.75 Å². The fourth-order valence-corrected chi connectivity index (χ4v) is 2.82. The van der Waals surface area contributed by atoms with E-state index >= 15 is 0 Å². The van der Waals surface area contributed by atoms with Gasteiger partial charge in [-0.2, -0.15) is 0 Å². The van der Waals surface area contributed by atoms with Gasteiger partial charge in [0.05, 0.1) is 0 Å². The normalized spacial score (nSPS) is 21.5. The van der Waals surface area contributed by atoms with Crippen molar-refractivity contribution in [3.05, 3.63) is 65.7 Å². The molecule has 0 amide bonds. The molecule has 98 valence electrons. The molecule has 0 aromatic heterocycles. The number of fused-ring (bicyclic) bond motifs is 1. The summed E-state index contributed by atoms with van der Waals surface area (Å²) in [5, 5.41) is 0. The number of benzene rings is 2. The molecule has 2 aromatic carbocycles. The summed E-state index contributed by atoms with van der Waals surface area (Å²) < 4.78 is 6.04. The van der Waals surface area contributed by atoms with Crippen molar-refractivity contribution in [1.29, 1.82) is 0 Å². The summed E-state index contributed by atoms with van der Waals surface area (Å²) in [5.74, 6) is 1.46. The van der Waals surface area contributed by atoms with E-state index in [1.165, 1.54) is 11.1 Å². The molecule has 1 heterocycles. The molecule has 0 fully saturated rings. The SMILES string of the molecule is NC[C@H]1Oc2ccccc2CC1Cc1ccccc1. The van der Waals surface area contributed by atoms with Crippen LogP contribution in [0.4, 0.5) is 0 Å². The van der Waals surface area contributed by atoms with Crippen molar-refractivity contribution < 1.29 is 4.74 Å². The van der Waals surface area contributed by atoms with E-state index in [9.17, 15) is 0 Å². The predicted octanol–water partition coefficient (Wildman–Crippen LogP) is 2.81. The van der Waals surface area contributed by atoms with Crippen LogP contribution >= 0.6 is 0 Å². The third-order valence-electron chi connectivity index (χ3n) is 3.83. The number of hydrogen-bond acceptors (Lipinski definition) is 2. The first-order valence-corrected chi connectivity index (χ1v) is 6.85. The lowest BCUT2D eigenvalue weighted by atomic mass is 9.85. The molecule has 2 aromatic rings. The van der Waals surface area contributed by atoms with Gasteiger partial charge < -0.3 is 10.5 Å². The monoisotopic (exact) mass is 253 g/mol. The molecular weight excluding hydrogens is 234 g/mol. The van der Waals surface area contributed by atoms with Crippen molar-refractivity contribution in [2.45, 2.75) is 18.9 Å². The molecule has 2 atom stereocenters. The number of hydrogen-bond donors (Lipinski definition) is 1. The van der Waals surface area contributed by atoms with Gasteiger partial charge in [-0.15, -0.1) is 0 Å². The molecule has 19 heavy (non-hydrogen) atoms. The molecule has 2 heteroatoms. The minimum Gasteiger partial charge on any atom is -0.489 e. The van der Waals surface area contributed by atoms with Gasteiger partial charge in [-0.1, -0.05) is 48.5 Å². The molecule has 3 rings (SSSR count). The van der Waals surface area contributed by atoms with Crippen LogP contribution in [0.25, 0.3) is 0 Å². The Bertz CT molecular complexity index is 538. The van der Waals surface area contributed by atoms with Crippen LogP contribution in [0.5, 0.6) is 5.75 Å². The second-order valence-corrected chi connectivity index (χ2v) is 5.15. The van der Waals surface area contributed by atoms with Crippen molar-refractivity contribution in [3.63, 3.8) is 0 Å². The zero-order valence-electron chi connectivity index (χ0n) is 11.0. The molecule has 2 nitrogen and oxygen atoms in total. The zero-order chi connectivity index (χ0) is 13.1. The smallest absolute Gasteiger partial charge is 0.123 e. The average molecular weight is 253 g/mol. The molecule has 1 unspecified atom stereocenters. The Morgan fingerprint density at radius 2 is 1.74 bits per heavy atom. The highest BCUT2D eigenvalue weighted by Gasteiger charge is 2.28. The van der Waals surface area contributed by atoms with Crippen molar-refractivity contribution in [2.75, 3.05) is 6.54 Å². The first kappa shape index (κ1) is 12.2. The fraction of sp³-hybridized carbons (Fsp3) is 0.294. The van der Waals surface area contributed by atoms with Crippen molar-refractivity contribution >= 4 is 0 Å². The minimum absolute atomic E-state index is 0.120. The predicted molar refractivity (Wildman–Crippen MR) is 77.3 cm³/mol. The van der Waals surface area contributed by atoms with E-state index in [1.807, 2.05) is 12.1 Å². The maximum absolute atomic E-state index is 6.04. The van der Waals surface area contributed by atoms with Crippen molar-refractivity contribution in [1.82, 2.24) is 0 Å². The zero-order valence-corrected chi connectivity index (χ0v) is 11.0. The highest BCUT2D eigenvalue weighted by atomic mass is 16.5. The first-order valence-electron chi connectivity index (χ1n) is 6.85. The van der Waals surface area contributed by atoms with Crippen LogP contribution < -0.4 is 10.5 Å². The summed E-state index contributed by atoms with van der Waals surface area (Å²) in [6, 6.07) is 18.9. The second-order valence-electron chi connectivity index (χ2n) is 5.15. The van der Waals surface area contributed by atoms with E-state index in [0.717, 1.165) is 18.6 Å². The molecular formula is C17H19NO. The van der Waals surface area contributed by atoms with Gasteiger partial charge in [0, 0.05) is 12.5 Å². The van der Waals surface area contributed by atoms with Gasteiger partial charge in [0.2, 0.25) is 0 Å². The van der Waals surface area contributed by atoms with Crippen LogP contribution in [0.3, 0.4) is 0 Å². The van der Waals surface area contributed by atoms with Gasteiger partial charge in [0.1, 0.15) is 11.9 Å². The number of ether oxygens (including phenoxy) is 1. The molecule has 0 aliphatic carbocycles. The van der Waals surface area contributed by atoms with Crippen LogP contribution in [0.2, 0.25) is 0 Å². The van der Waals surface area contributed by atoms with Gasteiger partial charge in [-0.3, -0.25) is 0 Å². The van der Waals surface area contributed by atoms with Crippen LogP contribution in [0.15, 0.2) is 54.6 Å². The molecule has 0 spiro atoms. The molecule has 0 bridgehead atoms. The second kappa shape index (κ2) is 5.45. The molecule has 0 saturated heterocycles. The average Bonchev–Trinajstić information content (AvgIpc) is 2.47. The Morgan fingerprint density at radius 3 is 2.53 bits per heavy atom. The third kappa shape index (κ3) is 2.64. The summed E-state index contributed by atoms with van der Waals surface area (Å²) in [7, 11) is 0.